The maximum Gasteiger partial charge on any atom is 0.223 e. The predicted molar refractivity (Wildman–Crippen MR) is 72.8 cm³/mol. The molecule has 6 heteroatoms. The number of thiazole rings is 1. The summed E-state index contributed by atoms with van der Waals surface area (Å²) in [5.74, 6) is -0.0452. The molecular weight excluding hydrogens is 264 g/mol. The summed E-state index contributed by atoms with van der Waals surface area (Å²) in [7, 11) is 1.58. The van der Waals surface area contributed by atoms with Crippen LogP contribution in [0.2, 0.25) is 0 Å². The van der Waals surface area contributed by atoms with E-state index in [1.165, 1.54) is 0 Å². The molecule has 0 aliphatic heterocycles. The Bertz CT molecular complexity index is 435. The number of carbonyl (C=O) groups is 1. The molecule has 1 amide bonds. The first kappa shape index (κ1) is 14.4. The van der Waals surface area contributed by atoms with Gasteiger partial charge in [-0.2, -0.15) is 0 Å². The fraction of sp³-hybridized carbons (Fsp3) is 0.692. The van der Waals surface area contributed by atoms with Gasteiger partial charge < -0.3 is 15.2 Å². The maximum absolute atomic E-state index is 12.1. The highest BCUT2D eigenvalue weighted by atomic mass is 32.1. The van der Waals surface area contributed by atoms with Crippen molar-refractivity contribution in [1.29, 1.82) is 0 Å². The zero-order valence-electron chi connectivity index (χ0n) is 11.3. The van der Waals surface area contributed by atoms with Crippen molar-refractivity contribution in [1.82, 2.24) is 10.3 Å². The minimum Gasteiger partial charge on any atom is -0.390 e. The Kier molecular flexibility index (Phi) is 4.90. The molecule has 0 spiro atoms. The van der Waals surface area contributed by atoms with Crippen LogP contribution in [0.25, 0.3) is 0 Å². The Morgan fingerprint density at radius 1 is 1.63 bits per heavy atom. The van der Waals surface area contributed by atoms with Gasteiger partial charge in [-0.15, -0.1) is 11.3 Å². The summed E-state index contributed by atoms with van der Waals surface area (Å²) in [5, 5.41) is 15.5. The molecule has 1 aromatic rings. The molecule has 1 heterocycles. The first-order valence-electron chi connectivity index (χ1n) is 6.49. The Morgan fingerprint density at radius 2 is 2.42 bits per heavy atom. The summed E-state index contributed by atoms with van der Waals surface area (Å²) in [6.07, 6.45) is 1.24. The number of aromatic nitrogens is 1. The molecule has 5 nitrogen and oxygen atoms in total. The van der Waals surface area contributed by atoms with E-state index >= 15 is 0 Å². The molecule has 0 bridgehead atoms. The van der Waals surface area contributed by atoms with Gasteiger partial charge in [0.2, 0.25) is 5.91 Å². The Morgan fingerprint density at radius 3 is 3.05 bits per heavy atom. The molecule has 19 heavy (non-hydrogen) atoms. The van der Waals surface area contributed by atoms with Crippen LogP contribution in [-0.2, 0) is 16.1 Å². The molecule has 2 rings (SSSR count). The third kappa shape index (κ3) is 3.75. The van der Waals surface area contributed by atoms with E-state index in [0.29, 0.717) is 25.8 Å². The first-order chi connectivity index (χ1) is 9.10. The molecule has 0 saturated heterocycles. The standard InChI is InChI=1S/C13H20N2O3S/c1-8-7-19-12(15-8)6-14-13(17)9-3-4-10(16)11(5-9)18-2/h7,9-11,16H,3-6H2,1-2H3,(H,14,17)/t9-,10+,11-/m1/s1. The van der Waals surface area contributed by atoms with Gasteiger partial charge in [0.15, 0.2) is 0 Å². The molecule has 2 N–H and O–H groups in total. The number of methoxy groups -OCH3 is 1. The fourth-order valence-electron chi connectivity index (χ4n) is 2.40. The van der Waals surface area contributed by atoms with Crippen molar-refractivity contribution in [2.45, 2.75) is 44.9 Å². The van der Waals surface area contributed by atoms with Crippen molar-refractivity contribution in [3.63, 3.8) is 0 Å². The number of nitrogens with zero attached hydrogens (tertiary/aromatic N) is 1. The van der Waals surface area contributed by atoms with Crippen molar-refractivity contribution in [3.8, 4) is 0 Å². The number of ether oxygens (including phenoxy) is 1. The summed E-state index contributed by atoms with van der Waals surface area (Å²) in [5.41, 5.74) is 0.981. The number of hydrogen-bond acceptors (Lipinski definition) is 5. The predicted octanol–water partition coefficient (Wildman–Crippen LogP) is 1.24. The number of hydrogen-bond donors (Lipinski definition) is 2. The lowest BCUT2D eigenvalue weighted by molar-refractivity contribution is -0.130. The van der Waals surface area contributed by atoms with Crippen LogP contribution >= 0.6 is 11.3 Å². The van der Waals surface area contributed by atoms with Gasteiger partial charge in [0, 0.05) is 24.1 Å². The van der Waals surface area contributed by atoms with Crippen LogP contribution in [0.15, 0.2) is 5.38 Å². The quantitative estimate of drug-likeness (QED) is 0.873. The fourth-order valence-corrected chi connectivity index (χ4v) is 3.11. The van der Waals surface area contributed by atoms with Crippen LogP contribution in [0.4, 0.5) is 0 Å². The molecular formula is C13H20N2O3S. The lowest BCUT2D eigenvalue weighted by Gasteiger charge is -2.31. The molecule has 1 aliphatic rings. The second-order valence-corrected chi connectivity index (χ2v) is 5.89. The van der Waals surface area contributed by atoms with Crippen molar-refractivity contribution in [3.05, 3.63) is 16.1 Å². The van der Waals surface area contributed by atoms with Crippen LogP contribution in [-0.4, -0.2) is 35.3 Å². The van der Waals surface area contributed by atoms with E-state index in [4.69, 9.17) is 4.74 Å². The minimum absolute atomic E-state index is 0.0294. The third-order valence-electron chi connectivity index (χ3n) is 3.51. The largest absolute Gasteiger partial charge is 0.390 e. The molecule has 1 saturated carbocycles. The minimum atomic E-state index is -0.448. The highest BCUT2D eigenvalue weighted by Crippen LogP contribution is 2.26. The average Bonchev–Trinajstić information content (AvgIpc) is 2.82. The van der Waals surface area contributed by atoms with Crippen molar-refractivity contribution in [2.24, 2.45) is 5.92 Å². The van der Waals surface area contributed by atoms with Crippen LogP contribution in [0, 0.1) is 12.8 Å². The smallest absolute Gasteiger partial charge is 0.223 e. The van der Waals surface area contributed by atoms with Gasteiger partial charge in [0.05, 0.1) is 18.8 Å². The van der Waals surface area contributed by atoms with Gasteiger partial charge in [-0.3, -0.25) is 4.79 Å². The molecule has 1 fully saturated rings. The number of aliphatic hydroxyl groups excluding tert-OH is 1. The molecule has 1 aliphatic carbocycles. The van der Waals surface area contributed by atoms with Crippen LogP contribution in [0.3, 0.4) is 0 Å². The van der Waals surface area contributed by atoms with Crippen LogP contribution in [0.5, 0.6) is 0 Å². The van der Waals surface area contributed by atoms with Crippen LogP contribution in [0.1, 0.15) is 30.0 Å². The summed E-state index contributed by atoms with van der Waals surface area (Å²) >= 11 is 1.55. The molecule has 0 aromatic carbocycles. The van der Waals surface area contributed by atoms with Crippen molar-refractivity contribution >= 4 is 17.2 Å². The SMILES string of the molecule is CO[C@@H]1C[C@H](C(=O)NCc2nc(C)cs2)CC[C@@H]1O. The van der Waals surface area contributed by atoms with Crippen LogP contribution < -0.4 is 5.32 Å². The number of aliphatic hydroxyl groups is 1. The summed E-state index contributed by atoms with van der Waals surface area (Å²) < 4.78 is 5.21. The lowest BCUT2D eigenvalue weighted by atomic mass is 9.84. The number of carbonyl (C=O) groups excluding carboxylic acids is 1. The highest BCUT2D eigenvalue weighted by molar-refractivity contribution is 7.09. The number of amides is 1. The van der Waals surface area contributed by atoms with E-state index in [1.807, 2.05) is 12.3 Å². The monoisotopic (exact) mass is 284 g/mol. The van der Waals surface area contributed by atoms with Gasteiger partial charge in [0.25, 0.3) is 0 Å². The van der Waals surface area contributed by atoms with Gasteiger partial charge >= 0.3 is 0 Å². The number of rotatable bonds is 4. The topological polar surface area (TPSA) is 71.5 Å². The first-order valence-corrected chi connectivity index (χ1v) is 7.37. The van der Waals surface area contributed by atoms with Gasteiger partial charge in [0.1, 0.15) is 5.01 Å². The third-order valence-corrected chi connectivity index (χ3v) is 4.48. The van der Waals surface area contributed by atoms with E-state index < -0.39 is 6.10 Å². The van der Waals surface area contributed by atoms with Crippen molar-refractivity contribution < 1.29 is 14.6 Å². The Balaban J connectivity index is 1.83. The number of aryl methyl sites for hydroxylation is 1. The molecule has 0 unspecified atom stereocenters. The van der Waals surface area contributed by atoms with E-state index in [9.17, 15) is 9.90 Å². The summed E-state index contributed by atoms with van der Waals surface area (Å²) in [4.78, 5) is 16.4. The molecule has 106 valence electrons. The maximum atomic E-state index is 12.1. The lowest BCUT2D eigenvalue weighted by Crippen LogP contribution is -2.41. The van der Waals surface area contributed by atoms with E-state index in [-0.39, 0.29) is 17.9 Å². The molecule has 0 radical (unpaired) electrons. The zero-order valence-corrected chi connectivity index (χ0v) is 12.1. The zero-order chi connectivity index (χ0) is 13.8. The summed E-state index contributed by atoms with van der Waals surface area (Å²) in [6, 6.07) is 0. The Labute approximate surface area is 117 Å². The van der Waals surface area contributed by atoms with E-state index in [0.717, 1.165) is 10.7 Å². The second-order valence-electron chi connectivity index (χ2n) is 4.95. The van der Waals surface area contributed by atoms with Gasteiger partial charge in [-0.05, 0) is 26.2 Å². The van der Waals surface area contributed by atoms with Gasteiger partial charge in [-0.25, -0.2) is 4.98 Å². The van der Waals surface area contributed by atoms with E-state index in [1.54, 1.807) is 18.4 Å². The molecule has 3 atom stereocenters. The second kappa shape index (κ2) is 6.45. The average molecular weight is 284 g/mol. The van der Waals surface area contributed by atoms with E-state index in [2.05, 4.69) is 10.3 Å². The summed E-state index contributed by atoms with van der Waals surface area (Å²) in [6.45, 7) is 2.42. The Hall–Kier alpha value is -0.980. The van der Waals surface area contributed by atoms with Gasteiger partial charge in [-0.1, -0.05) is 0 Å². The highest BCUT2D eigenvalue weighted by Gasteiger charge is 2.32. The van der Waals surface area contributed by atoms with Crippen molar-refractivity contribution in [2.75, 3.05) is 7.11 Å². The number of nitrogens with one attached hydrogen (secondary N) is 1. The normalized spacial score (nSPS) is 27.2. The molecule has 1 aromatic heterocycles.